The number of rotatable bonds is 3. The van der Waals surface area contributed by atoms with Crippen molar-refractivity contribution in [2.45, 2.75) is 19.5 Å². The minimum absolute atomic E-state index is 0.183. The van der Waals surface area contributed by atoms with Crippen LogP contribution in [0, 0.1) is 6.92 Å². The van der Waals surface area contributed by atoms with Crippen molar-refractivity contribution in [3.63, 3.8) is 0 Å². The van der Waals surface area contributed by atoms with E-state index in [9.17, 15) is 4.79 Å². The molecule has 4 heteroatoms. The van der Waals surface area contributed by atoms with Crippen molar-refractivity contribution < 1.29 is 4.79 Å². The van der Waals surface area contributed by atoms with Crippen molar-refractivity contribution in [3.05, 3.63) is 35.4 Å². The maximum atomic E-state index is 12.0. The molecule has 1 aromatic rings. The van der Waals surface area contributed by atoms with Crippen LogP contribution in [0.3, 0.4) is 0 Å². The Labute approximate surface area is 108 Å². The van der Waals surface area contributed by atoms with Crippen molar-refractivity contribution >= 4 is 5.91 Å². The molecule has 0 saturated carbocycles. The SMILES string of the molecule is Cc1ccc(CN2CC(CN)N(C)CC2=O)cc1. The highest BCUT2D eigenvalue weighted by Crippen LogP contribution is 2.13. The molecule has 0 bridgehead atoms. The fourth-order valence-electron chi connectivity index (χ4n) is 2.26. The highest BCUT2D eigenvalue weighted by Gasteiger charge is 2.28. The van der Waals surface area contributed by atoms with Gasteiger partial charge < -0.3 is 10.6 Å². The Bertz CT molecular complexity index is 416. The molecule has 2 N–H and O–H groups in total. The van der Waals surface area contributed by atoms with Gasteiger partial charge in [0.25, 0.3) is 0 Å². The van der Waals surface area contributed by atoms with Crippen molar-refractivity contribution in [3.8, 4) is 0 Å². The van der Waals surface area contributed by atoms with Crippen LogP contribution >= 0.6 is 0 Å². The number of piperazine rings is 1. The number of carbonyl (C=O) groups excluding carboxylic acids is 1. The lowest BCUT2D eigenvalue weighted by molar-refractivity contribution is -0.138. The van der Waals surface area contributed by atoms with Crippen LogP contribution in [0.15, 0.2) is 24.3 Å². The molecule has 4 nitrogen and oxygen atoms in total. The smallest absolute Gasteiger partial charge is 0.237 e. The molecule has 1 amide bonds. The summed E-state index contributed by atoms with van der Waals surface area (Å²) in [5.74, 6) is 0.183. The van der Waals surface area contributed by atoms with Crippen molar-refractivity contribution in [1.29, 1.82) is 0 Å². The predicted molar refractivity (Wildman–Crippen MR) is 72.1 cm³/mol. The van der Waals surface area contributed by atoms with Crippen molar-refractivity contribution in [1.82, 2.24) is 9.80 Å². The molecule has 1 aliphatic rings. The van der Waals surface area contributed by atoms with E-state index < -0.39 is 0 Å². The standard InChI is InChI=1S/C14H21N3O/c1-11-3-5-12(6-4-11)8-17-9-13(7-15)16(2)10-14(17)18/h3-6,13H,7-10,15H2,1-2H3. The maximum Gasteiger partial charge on any atom is 0.237 e. The molecule has 1 saturated heterocycles. The quantitative estimate of drug-likeness (QED) is 0.851. The fraction of sp³-hybridized carbons (Fsp3) is 0.500. The summed E-state index contributed by atoms with van der Waals surface area (Å²) >= 11 is 0. The Morgan fingerprint density at radius 3 is 2.61 bits per heavy atom. The Morgan fingerprint density at radius 2 is 2.00 bits per heavy atom. The summed E-state index contributed by atoms with van der Waals surface area (Å²) in [5.41, 5.74) is 8.15. The average molecular weight is 247 g/mol. The summed E-state index contributed by atoms with van der Waals surface area (Å²) < 4.78 is 0. The number of nitrogens with two attached hydrogens (primary N) is 1. The van der Waals surface area contributed by atoms with E-state index in [0.717, 1.165) is 6.54 Å². The highest BCUT2D eigenvalue weighted by atomic mass is 16.2. The number of aryl methyl sites for hydroxylation is 1. The molecule has 1 unspecified atom stereocenters. The number of carbonyl (C=O) groups is 1. The normalized spacial score (nSPS) is 21.4. The lowest BCUT2D eigenvalue weighted by atomic mass is 10.1. The van der Waals surface area contributed by atoms with Crippen LogP contribution in [0.5, 0.6) is 0 Å². The predicted octanol–water partition coefficient (Wildman–Crippen LogP) is 0.596. The third kappa shape index (κ3) is 2.89. The fourth-order valence-corrected chi connectivity index (χ4v) is 2.26. The van der Waals surface area contributed by atoms with E-state index in [0.29, 0.717) is 19.6 Å². The Hall–Kier alpha value is -1.39. The van der Waals surface area contributed by atoms with Crippen molar-refractivity contribution in [2.24, 2.45) is 5.73 Å². The van der Waals surface area contributed by atoms with Crippen LogP contribution in [0.1, 0.15) is 11.1 Å². The third-order valence-corrected chi connectivity index (χ3v) is 3.56. The van der Waals surface area contributed by atoms with Crippen LogP contribution in [0.4, 0.5) is 0 Å². The summed E-state index contributed by atoms with van der Waals surface area (Å²) in [6.45, 7) is 4.53. The second kappa shape index (κ2) is 5.50. The second-order valence-corrected chi connectivity index (χ2v) is 5.06. The van der Waals surface area contributed by atoms with Gasteiger partial charge in [-0.1, -0.05) is 29.8 Å². The molecular formula is C14H21N3O. The van der Waals surface area contributed by atoms with Gasteiger partial charge in [-0.05, 0) is 19.5 Å². The highest BCUT2D eigenvalue weighted by molar-refractivity contribution is 5.79. The number of likely N-dealkylation sites (N-methyl/N-ethyl adjacent to an activating group) is 1. The molecule has 0 spiro atoms. The van der Waals surface area contributed by atoms with Crippen molar-refractivity contribution in [2.75, 3.05) is 26.7 Å². The molecule has 1 aromatic carbocycles. The van der Waals surface area contributed by atoms with E-state index in [1.54, 1.807) is 0 Å². The number of amides is 1. The van der Waals surface area contributed by atoms with Gasteiger partial charge in [-0.2, -0.15) is 0 Å². The molecule has 1 heterocycles. The first-order chi connectivity index (χ1) is 8.60. The zero-order chi connectivity index (χ0) is 13.1. The number of nitrogens with zero attached hydrogens (tertiary/aromatic N) is 2. The summed E-state index contributed by atoms with van der Waals surface area (Å²) in [7, 11) is 1.96. The van der Waals surface area contributed by atoms with E-state index in [2.05, 4.69) is 31.2 Å². The van der Waals surface area contributed by atoms with Crippen LogP contribution in [-0.2, 0) is 11.3 Å². The monoisotopic (exact) mass is 247 g/mol. The number of benzene rings is 1. The minimum atomic E-state index is 0.183. The van der Waals surface area contributed by atoms with Gasteiger partial charge in [-0.25, -0.2) is 0 Å². The third-order valence-electron chi connectivity index (χ3n) is 3.56. The first-order valence-corrected chi connectivity index (χ1v) is 6.34. The number of hydrogen-bond acceptors (Lipinski definition) is 3. The lowest BCUT2D eigenvalue weighted by Crippen LogP contribution is -2.56. The molecule has 1 fully saturated rings. The van der Waals surface area contributed by atoms with Crippen LogP contribution in [0.2, 0.25) is 0 Å². The first kappa shape index (κ1) is 13.1. The van der Waals surface area contributed by atoms with E-state index in [1.165, 1.54) is 11.1 Å². The van der Waals surface area contributed by atoms with E-state index in [-0.39, 0.29) is 11.9 Å². The van der Waals surface area contributed by atoms with Gasteiger partial charge >= 0.3 is 0 Å². The minimum Gasteiger partial charge on any atom is -0.336 e. The largest absolute Gasteiger partial charge is 0.336 e. The Balaban J connectivity index is 2.04. The zero-order valence-electron chi connectivity index (χ0n) is 11.1. The molecule has 98 valence electrons. The molecule has 1 atom stereocenters. The van der Waals surface area contributed by atoms with Gasteiger partial charge in [0, 0.05) is 25.7 Å². The van der Waals surface area contributed by atoms with Crippen LogP contribution in [0.25, 0.3) is 0 Å². The molecular weight excluding hydrogens is 226 g/mol. The average Bonchev–Trinajstić information content (AvgIpc) is 2.35. The zero-order valence-corrected chi connectivity index (χ0v) is 11.1. The number of hydrogen-bond donors (Lipinski definition) is 1. The van der Waals surface area contributed by atoms with Gasteiger partial charge in [0.1, 0.15) is 0 Å². The van der Waals surface area contributed by atoms with Gasteiger partial charge in [0.2, 0.25) is 5.91 Å². The summed E-state index contributed by atoms with van der Waals surface area (Å²) in [6.07, 6.45) is 0. The maximum absolute atomic E-state index is 12.0. The molecule has 0 radical (unpaired) electrons. The van der Waals surface area contributed by atoms with Gasteiger partial charge in [0.15, 0.2) is 0 Å². The summed E-state index contributed by atoms with van der Waals surface area (Å²) in [4.78, 5) is 15.9. The summed E-state index contributed by atoms with van der Waals surface area (Å²) in [5, 5.41) is 0. The topological polar surface area (TPSA) is 49.6 Å². The second-order valence-electron chi connectivity index (χ2n) is 5.06. The van der Waals surface area contributed by atoms with Crippen LogP contribution in [-0.4, -0.2) is 48.4 Å². The van der Waals surface area contributed by atoms with Gasteiger partial charge in [-0.3, -0.25) is 9.69 Å². The molecule has 18 heavy (non-hydrogen) atoms. The Morgan fingerprint density at radius 1 is 1.33 bits per heavy atom. The molecule has 0 aliphatic carbocycles. The first-order valence-electron chi connectivity index (χ1n) is 6.34. The lowest BCUT2D eigenvalue weighted by Gasteiger charge is -2.38. The van der Waals surface area contributed by atoms with E-state index in [4.69, 9.17) is 5.73 Å². The Kier molecular flexibility index (Phi) is 3.99. The van der Waals surface area contributed by atoms with Gasteiger partial charge in [-0.15, -0.1) is 0 Å². The summed E-state index contributed by atoms with van der Waals surface area (Å²) in [6, 6.07) is 8.59. The van der Waals surface area contributed by atoms with Crippen LogP contribution < -0.4 is 5.73 Å². The molecule has 0 aromatic heterocycles. The van der Waals surface area contributed by atoms with Gasteiger partial charge in [0.05, 0.1) is 6.54 Å². The van der Waals surface area contributed by atoms with E-state index >= 15 is 0 Å². The molecule has 2 rings (SSSR count). The van der Waals surface area contributed by atoms with E-state index in [1.807, 2.05) is 16.8 Å². The molecule has 1 aliphatic heterocycles.